The standard InChI is InChI=1S/C25H28N2O7/c1-16-4-6-18(7-5-16)23(24(29)26-10-11-32-13-12-31-3)34-25(30)27-19-8-9-20-17(2)14-22(28)33-21(20)15-19/h4-9,14-15,23H,10-13H2,1-3H3,(H,26,29)(H,27,30). The van der Waals surface area contributed by atoms with Gasteiger partial charge in [0.2, 0.25) is 6.10 Å². The van der Waals surface area contributed by atoms with Crippen LogP contribution in [0.25, 0.3) is 11.0 Å². The second-order valence-corrected chi connectivity index (χ2v) is 7.68. The van der Waals surface area contributed by atoms with Crippen LogP contribution in [0.5, 0.6) is 0 Å². The van der Waals surface area contributed by atoms with Crippen LogP contribution in [0.2, 0.25) is 0 Å². The third kappa shape index (κ3) is 6.90. The first-order valence-corrected chi connectivity index (χ1v) is 10.8. The molecule has 0 saturated heterocycles. The minimum atomic E-state index is -1.17. The number of rotatable bonds is 10. The van der Waals surface area contributed by atoms with E-state index in [-0.39, 0.29) is 6.54 Å². The highest BCUT2D eigenvalue weighted by Crippen LogP contribution is 2.23. The first-order valence-electron chi connectivity index (χ1n) is 10.8. The lowest BCUT2D eigenvalue weighted by molar-refractivity contribution is -0.129. The Morgan fingerprint density at radius 2 is 1.76 bits per heavy atom. The van der Waals surface area contributed by atoms with Crippen LogP contribution in [0, 0.1) is 13.8 Å². The fourth-order valence-electron chi connectivity index (χ4n) is 3.25. The number of carbonyl (C=O) groups is 2. The molecule has 2 amide bonds. The Labute approximate surface area is 197 Å². The monoisotopic (exact) mass is 468 g/mol. The summed E-state index contributed by atoms with van der Waals surface area (Å²) < 4.78 is 20.9. The van der Waals surface area contributed by atoms with Gasteiger partial charge in [-0.15, -0.1) is 0 Å². The third-order valence-electron chi connectivity index (χ3n) is 5.02. The lowest BCUT2D eigenvalue weighted by Crippen LogP contribution is -2.35. The summed E-state index contributed by atoms with van der Waals surface area (Å²) >= 11 is 0. The van der Waals surface area contributed by atoms with Crippen LogP contribution in [0.4, 0.5) is 10.5 Å². The van der Waals surface area contributed by atoms with E-state index in [0.717, 1.165) is 16.5 Å². The van der Waals surface area contributed by atoms with E-state index in [0.29, 0.717) is 36.7 Å². The normalized spacial score (nSPS) is 11.7. The van der Waals surface area contributed by atoms with Gasteiger partial charge >= 0.3 is 11.7 Å². The lowest BCUT2D eigenvalue weighted by Gasteiger charge is -2.19. The molecule has 0 aliphatic carbocycles. The number of aryl methyl sites for hydroxylation is 2. The Morgan fingerprint density at radius 1 is 1.00 bits per heavy atom. The average molecular weight is 469 g/mol. The van der Waals surface area contributed by atoms with E-state index in [1.54, 1.807) is 38.3 Å². The quantitative estimate of drug-likeness (QED) is 0.346. The number of anilines is 1. The first-order chi connectivity index (χ1) is 16.4. The Kier molecular flexibility index (Phi) is 8.78. The number of fused-ring (bicyclic) bond motifs is 1. The van der Waals surface area contributed by atoms with Crippen molar-refractivity contribution in [3.05, 3.63) is 75.6 Å². The van der Waals surface area contributed by atoms with Crippen LogP contribution >= 0.6 is 0 Å². The molecule has 34 heavy (non-hydrogen) atoms. The van der Waals surface area contributed by atoms with Gasteiger partial charge in [0.1, 0.15) is 5.58 Å². The maximum atomic E-state index is 12.8. The van der Waals surface area contributed by atoms with Gasteiger partial charge in [0.15, 0.2) is 0 Å². The molecular weight excluding hydrogens is 440 g/mol. The minimum Gasteiger partial charge on any atom is -0.431 e. The van der Waals surface area contributed by atoms with Crippen molar-refractivity contribution in [3.63, 3.8) is 0 Å². The van der Waals surface area contributed by atoms with Crippen molar-refractivity contribution >= 4 is 28.7 Å². The number of benzene rings is 2. The summed E-state index contributed by atoms with van der Waals surface area (Å²) in [7, 11) is 1.58. The minimum absolute atomic E-state index is 0.249. The molecule has 1 aromatic heterocycles. The summed E-state index contributed by atoms with van der Waals surface area (Å²) in [6.07, 6.45) is -1.99. The Morgan fingerprint density at radius 3 is 2.50 bits per heavy atom. The highest BCUT2D eigenvalue weighted by atomic mass is 16.6. The van der Waals surface area contributed by atoms with Gasteiger partial charge in [0.25, 0.3) is 5.91 Å². The molecule has 1 heterocycles. The molecule has 0 spiro atoms. The average Bonchev–Trinajstić information content (AvgIpc) is 2.80. The summed E-state index contributed by atoms with van der Waals surface area (Å²) in [5.41, 5.74) is 2.52. The predicted molar refractivity (Wildman–Crippen MR) is 127 cm³/mol. The van der Waals surface area contributed by atoms with Crippen LogP contribution in [0.1, 0.15) is 22.8 Å². The largest absolute Gasteiger partial charge is 0.431 e. The van der Waals surface area contributed by atoms with E-state index >= 15 is 0 Å². The molecule has 2 N–H and O–H groups in total. The zero-order chi connectivity index (χ0) is 24.5. The van der Waals surface area contributed by atoms with E-state index in [2.05, 4.69) is 10.6 Å². The SMILES string of the molecule is COCCOCCNC(=O)C(OC(=O)Nc1ccc2c(C)cc(=O)oc2c1)c1ccc(C)cc1. The van der Waals surface area contributed by atoms with Crippen molar-refractivity contribution < 1.29 is 28.2 Å². The molecule has 0 bridgehead atoms. The molecule has 9 nitrogen and oxygen atoms in total. The van der Waals surface area contributed by atoms with Crippen LogP contribution in [0.15, 0.2) is 57.7 Å². The zero-order valence-corrected chi connectivity index (χ0v) is 19.4. The maximum absolute atomic E-state index is 12.8. The molecule has 1 unspecified atom stereocenters. The van der Waals surface area contributed by atoms with Crippen LogP contribution in [-0.2, 0) is 19.0 Å². The lowest BCUT2D eigenvalue weighted by atomic mass is 10.1. The molecule has 0 radical (unpaired) electrons. The molecule has 3 rings (SSSR count). The molecule has 0 saturated carbocycles. The number of hydrogen-bond donors (Lipinski definition) is 2. The molecule has 2 aromatic carbocycles. The molecular formula is C25H28N2O7. The van der Waals surface area contributed by atoms with Crippen molar-refractivity contribution in [2.24, 2.45) is 0 Å². The van der Waals surface area contributed by atoms with Crippen LogP contribution in [0.3, 0.4) is 0 Å². The molecule has 1 atom stereocenters. The van der Waals surface area contributed by atoms with Gasteiger partial charge in [-0.25, -0.2) is 9.59 Å². The highest BCUT2D eigenvalue weighted by Gasteiger charge is 2.25. The van der Waals surface area contributed by atoms with E-state index in [4.69, 9.17) is 18.6 Å². The predicted octanol–water partition coefficient (Wildman–Crippen LogP) is 3.48. The van der Waals surface area contributed by atoms with Gasteiger partial charge in [-0.3, -0.25) is 10.1 Å². The van der Waals surface area contributed by atoms with E-state index in [9.17, 15) is 14.4 Å². The van der Waals surface area contributed by atoms with Crippen molar-refractivity contribution in [1.29, 1.82) is 0 Å². The molecule has 0 aliphatic heterocycles. The van der Waals surface area contributed by atoms with Crippen molar-refractivity contribution in [2.45, 2.75) is 20.0 Å². The van der Waals surface area contributed by atoms with Crippen molar-refractivity contribution in [2.75, 3.05) is 38.8 Å². The third-order valence-corrected chi connectivity index (χ3v) is 5.02. The van der Waals surface area contributed by atoms with Crippen molar-refractivity contribution in [1.82, 2.24) is 5.32 Å². The number of ether oxygens (including phenoxy) is 3. The number of carbonyl (C=O) groups excluding carboxylic acids is 2. The summed E-state index contributed by atoms with van der Waals surface area (Å²) in [6.45, 7) is 5.14. The molecule has 3 aromatic rings. The molecule has 0 fully saturated rings. The van der Waals surface area contributed by atoms with Crippen LogP contribution in [-0.4, -0.2) is 45.5 Å². The smallest absolute Gasteiger partial charge is 0.412 e. The van der Waals surface area contributed by atoms with Crippen molar-refractivity contribution in [3.8, 4) is 0 Å². The second kappa shape index (κ2) is 12.0. The fraction of sp³-hybridized carbons (Fsp3) is 0.320. The zero-order valence-electron chi connectivity index (χ0n) is 19.4. The van der Waals surface area contributed by atoms with Gasteiger partial charge in [-0.1, -0.05) is 29.8 Å². The molecule has 0 aliphatic rings. The number of methoxy groups -OCH3 is 1. The van der Waals surface area contributed by atoms with Gasteiger partial charge in [-0.05, 0) is 31.5 Å². The summed E-state index contributed by atoms with van der Waals surface area (Å²) in [5, 5.41) is 6.06. The van der Waals surface area contributed by atoms with E-state index in [1.165, 1.54) is 12.1 Å². The Bertz CT molecular complexity index is 1190. The van der Waals surface area contributed by atoms with Crippen LogP contribution < -0.4 is 16.3 Å². The van der Waals surface area contributed by atoms with Gasteiger partial charge in [0.05, 0.1) is 19.8 Å². The van der Waals surface area contributed by atoms with E-state index < -0.39 is 23.7 Å². The summed E-state index contributed by atoms with van der Waals surface area (Å²) in [5.74, 6) is -0.477. The Balaban J connectivity index is 1.69. The Hall–Kier alpha value is -3.69. The second-order valence-electron chi connectivity index (χ2n) is 7.68. The number of hydrogen-bond acceptors (Lipinski definition) is 7. The van der Waals surface area contributed by atoms with Gasteiger partial charge < -0.3 is 23.9 Å². The fourth-order valence-corrected chi connectivity index (χ4v) is 3.25. The molecule has 9 heteroatoms. The van der Waals surface area contributed by atoms with Gasteiger partial charge in [-0.2, -0.15) is 0 Å². The topological polar surface area (TPSA) is 116 Å². The number of nitrogens with one attached hydrogen (secondary N) is 2. The van der Waals surface area contributed by atoms with Gasteiger partial charge in [0, 0.05) is 42.4 Å². The maximum Gasteiger partial charge on any atom is 0.412 e. The highest BCUT2D eigenvalue weighted by molar-refractivity contribution is 5.92. The summed E-state index contributed by atoms with van der Waals surface area (Å²) in [6, 6.07) is 13.5. The first kappa shape index (κ1) is 24.9. The van der Waals surface area contributed by atoms with E-state index in [1.807, 2.05) is 19.1 Å². The summed E-state index contributed by atoms with van der Waals surface area (Å²) in [4.78, 5) is 37.1. The molecule has 180 valence electrons. The number of amides is 2.